The molecular weight excluding hydrogens is 512 g/mol. The number of anilines is 1. The molecule has 4 rings (SSSR count). The van der Waals surface area contributed by atoms with Gasteiger partial charge < -0.3 is 15.2 Å². The second-order valence-corrected chi connectivity index (χ2v) is 11.1. The Hall–Kier alpha value is -3.93. The Balaban J connectivity index is 1.44. The fourth-order valence-corrected chi connectivity index (χ4v) is 4.88. The fourth-order valence-electron chi connectivity index (χ4n) is 3.51. The first-order valence-electron chi connectivity index (χ1n) is 11.2. The summed E-state index contributed by atoms with van der Waals surface area (Å²) in [5, 5.41) is 11.2. The highest BCUT2D eigenvalue weighted by molar-refractivity contribution is 7.88. The molecule has 37 heavy (non-hydrogen) atoms. The van der Waals surface area contributed by atoms with Crippen molar-refractivity contribution in [2.24, 2.45) is 5.73 Å². The van der Waals surface area contributed by atoms with E-state index in [2.05, 4.69) is 10.0 Å². The molecule has 1 aromatic heterocycles. The molecule has 0 aliphatic rings. The van der Waals surface area contributed by atoms with E-state index in [0.717, 1.165) is 27.5 Å². The number of hydrogen-bond donors (Lipinski definition) is 4. The van der Waals surface area contributed by atoms with Crippen LogP contribution in [0.25, 0.3) is 10.1 Å². The van der Waals surface area contributed by atoms with Gasteiger partial charge in [-0.25, -0.2) is 17.9 Å². The lowest BCUT2D eigenvalue weighted by Crippen LogP contribution is -2.22. The molecule has 0 spiro atoms. The molecule has 0 saturated carbocycles. The van der Waals surface area contributed by atoms with Crippen LogP contribution in [0, 0.1) is 5.41 Å². The fraction of sp³-hybridized carbons (Fsp3) is 0.154. The van der Waals surface area contributed by atoms with Crippen LogP contribution in [0.15, 0.2) is 78.9 Å². The average molecular weight is 539 g/mol. The summed E-state index contributed by atoms with van der Waals surface area (Å²) in [6.45, 7) is 0.108. The molecule has 0 saturated heterocycles. The third kappa shape index (κ3) is 7.29. The summed E-state index contributed by atoms with van der Waals surface area (Å²) in [5.41, 5.74) is 7.75. The molecule has 1 heterocycles. The highest BCUT2D eigenvalue weighted by Crippen LogP contribution is 2.35. The molecule has 0 fully saturated rings. The van der Waals surface area contributed by atoms with Crippen molar-refractivity contribution in [3.05, 3.63) is 94.9 Å². The SMILES string of the molecule is CS(=O)(=O)NCc1ccc(NC(=O)OCC(Oc2cccc3sc(C(=N)N)cc23)c2ccccc2)cc1. The van der Waals surface area contributed by atoms with Gasteiger partial charge in [0, 0.05) is 22.3 Å². The van der Waals surface area contributed by atoms with Gasteiger partial charge in [-0.1, -0.05) is 48.5 Å². The van der Waals surface area contributed by atoms with Crippen LogP contribution in [-0.4, -0.2) is 33.2 Å². The van der Waals surface area contributed by atoms with Crippen LogP contribution in [0.3, 0.4) is 0 Å². The summed E-state index contributed by atoms with van der Waals surface area (Å²) in [7, 11) is -3.29. The average Bonchev–Trinajstić information content (AvgIpc) is 3.32. The first-order chi connectivity index (χ1) is 17.7. The van der Waals surface area contributed by atoms with Crippen molar-refractivity contribution in [2.45, 2.75) is 12.6 Å². The van der Waals surface area contributed by atoms with E-state index in [1.165, 1.54) is 11.3 Å². The molecular formula is C26H26N4O5S2. The molecule has 1 amide bonds. The van der Waals surface area contributed by atoms with Crippen LogP contribution in [0.5, 0.6) is 5.75 Å². The van der Waals surface area contributed by atoms with Crippen LogP contribution < -0.4 is 20.5 Å². The molecule has 0 bridgehead atoms. The summed E-state index contributed by atoms with van der Waals surface area (Å²) >= 11 is 1.41. The molecule has 0 aliphatic carbocycles. The minimum atomic E-state index is -3.29. The molecule has 3 aromatic carbocycles. The quantitative estimate of drug-likeness (QED) is 0.172. The minimum absolute atomic E-state index is 0.00791. The van der Waals surface area contributed by atoms with E-state index in [-0.39, 0.29) is 19.0 Å². The zero-order valence-corrected chi connectivity index (χ0v) is 21.6. The minimum Gasteiger partial charge on any atom is -0.481 e. The smallest absolute Gasteiger partial charge is 0.411 e. The second-order valence-electron chi connectivity index (χ2n) is 8.22. The van der Waals surface area contributed by atoms with Crippen molar-refractivity contribution in [3.8, 4) is 5.75 Å². The summed E-state index contributed by atoms with van der Waals surface area (Å²) in [6.07, 6.45) is -0.142. The van der Waals surface area contributed by atoms with Gasteiger partial charge in [-0.05, 0) is 41.5 Å². The van der Waals surface area contributed by atoms with Crippen LogP contribution >= 0.6 is 11.3 Å². The first kappa shape index (κ1) is 26.1. The van der Waals surface area contributed by atoms with E-state index in [0.29, 0.717) is 16.3 Å². The third-order valence-electron chi connectivity index (χ3n) is 5.33. The van der Waals surface area contributed by atoms with Crippen LogP contribution in [0.4, 0.5) is 10.5 Å². The van der Waals surface area contributed by atoms with Gasteiger partial charge in [-0.3, -0.25) is 10.7 Å². The van der Waals surface area contributed by atoms with Gasteiger partial charge in [0.1, 0.15) is 18.2 Å². The molecule has 1 atom stereocenters. The zero-order chi connectivity index (χ0) is 26.4. The number of ether oxygens (including phenoxy) is 2. The second kappa shape index (κ2) is 11.4. The lowest BCUT2D eigenvalue weighted by Gasteiger charge is -2.20. The number of carbonyl (C=O) groups excluding carboxylic acids is 1. The van der Waals surface area contributed by atoms with E-state index < -0.39 is 22.2 Å². The van der Waals surface area contributed by atoms with Crippen LogP contribution in [0.2, 0.25) is 0 Å². The van der Waals surface area contributed by atoms with Crippen molar-refractivity contribution in [1.82, 2.24) is 4.72 Å². The number of nitrogens with two attached hydrogens (primary N) is 1. The van der Waals surface area contributed by atoms with Crippen molar-refractivity contribution in [2.75, 3.05) is 18.2 Å². The summed E-state index contributed by atoms with van der Waals surface area (Å²) in [4.78, 5) is 13.2. The molecule has 0 aliphatic heterocycles. The van der Waals surface area contributed by atoms with Gasteiger partial charge in [0.25, 0.3) is 0 Å². The third-order valence-corrected chi connectivity index (χ3v) is 7.13. The molecule has 192 valence electrons. The number of amidine groups is 1. The van der Waals surface area contributed by atoms with E-state index in [1.807, 2.05) is 54.6 Å². The van der Waals surface area contributed by atoms with E-state index in [1.54, 1.807) is 24.3 Å². The number of nitrogen functional groups attached to an aromatic ring is 1. The highest BCUT2D eigenvalue weighted by Gasteiger charge is 2.19. The van der Waals surface area contributed by atoms with E-state index in [9.17, 15) is 13.2 Å². The maximum absolute atomic E-state index is 12.5. The summed E-state index contributed by atoms with van der Waals surface area (Å²) < 4.78 is 37.6. The van der Waals surface area contributed by atoms with Crippen molar-refractivity contribution in [3.63, 3.8) is 0 Å². The number of sulfonamides is 1. The van der Waals surface area contributed by atoms with Crippen LogP contribution in [0.1, 0.15) is 22.1 Å². The normalized spacial score (nSPS) is 12.1. The number of carbonyl (C=O) groups is 1. The van der Waals surface area contributed by atoms with Crippen molar-refractivity contribution >= 4 is 49.1 Å². The van der Waals surface area contributed by atoms with Crippen LogP contribution in [-0.2, 0) is 21.3 Å². The molecule has 11 heteroatoms. The predicted molar refractivity (Wildman–Crippen MR) is 146 cm³/mol. The maximum Gasteiger partial charge on any atom is 0.411 e. The topological polar surface area (TPSA) is 144 Å². The summed E-state index contributed by atoms with van der Waals surface area (Å²) in [6, 6.07) is 23.6. The number of rotatable bonds is 10. The molecule has 0 radical (unpaired) electrons. The standard InChI is InChI=1S/C26H26N4O5S2/c1-37(32,33)29-15-17-10-12-19(13-11-17)30-26(31)34-16-22(18-6-3-2-4-7-18)35-21-8-5-9-23-20(21)14-24(36-23)25(27)28/h2-14,22,29H,15-16H2,1H3,(H3,27,28)(H,30,31). The molecule has 9 nitrogen and oxygen atoms in total. The van der Waals surface area contributed by atoms with Gasteiger partial charge in [0.15, 0.2) is 6.10 Å². The summed E-state index contributed by atoms with van der Waals surface area (Å²) in [5.74, 6) is 0.587. The zero-order valence-electron chi connectivity index (χ0n) is 19.9. The maximum atomic E-state index is 12.5. The van der Waals surface area contributed by atoms with E-state index in [4.69, 9.17) is 20.6 Å². The number of nitrogens with one attached hydrogen (secondary N) is 3. The Morgan fingerprint density at radius 3 is 2.46 bits per heavy atom. The number of fused-ring (bicyclic) bond motifs is 1. The van der Waals surface area contributed by atoms with Crippen molar-refractivity contribution < 1.29 is 22.7 Å². The number of amides is 1. The van der Waals surface area contributed by atoms with Gasteiger partial charge in [0.2, 0.25) is 10.0 Å². The van der Waals surface area contributed by atoms with Gasteiger partial charge in [-0.15, -0.1) is 11.3 Å². The van der Waals surface area contributed by atoms with Gasteiger partial charge in [-0.2, -0.15) is 0 Å². The van der Waals surface area contributed by atoms with Gasteiger partial charge in [0.05, 0.1) is 11.1 Å². The monoisotopic (exact) mass is 538 g/mol. The Bertz CT molecular complexity index is 1500. The van der Waals surface area contributed by atoms with E-state index >= 15 is 0 Å². The number of hydrogen-bond acceptors (Lipinski definition) is 7. The Morgan fingerprint density at radius 2 is 1.78 bits per heavy atom. The van der Waals surface area contributed by atoms with Gasteiger partial charge >= 0.3 is 6.09 Å². The Kier molecular flexibility index (Phi) is 8.07. The number of thiophene rings is 1. The predicted octanol–water partition coefficient (Wildman–Crippen LogP) is 4.60. The highest BCUT2D eigenvalue weighted by atomic mass is 32.2. The largest absolute Gasteiger partial charge is 0.481 e. The Morgan fingerprint density at radius 1 is 1.05 bits per heavy atom. The first-order valence-corrected chi connectivity index (χ1v) is 13.9. The number of benzene rings is 3. The molecule has 4 aromatic rings. The lowest BCUT2D eigenvalue weighted by atomic mass is 10.1. The molecule has 1 unspecified atom stereocenters. The van der Waals surface area contributed by atoms with Crippen molar-refractivity contribution in [1.29, 1.82) is 5.41 Å². The Labute approximate surface area is 218 Å². The molecule has 5 N–H and O–H groups in total. The lowest BCUT2D eigenvalue weighted by molar-refractivity contribution is 0.0910.